The minimum atomic E-state index is 0.501. The molecule has 0 radical (unpaired) electrons. The second-order valence-electron chi connectivity index (χ2n) is 2.87. The zero-order valence-electron chi connectivity index (χ0n) is 6.84. The van der Waals surface area contributed by atoms with Crippen LogP contribution >= 0.6 is 11.6 Å². The van der Waals surface area contributed by atoms with Crippen molar-refractivity contribution in [1.29, 1.82) is 0 Å². The highest BCUT2D eigenvalue weighted by Crippen LogP contribution is 2.14. The molecule has 1 aromatic heterocycles. The molecular weight excluding hydrogens is 158 g/mol. The lowest BCUT2D eigenvalue weighted by atomic mass is 10.0. The second-order valence-corrected chi connectivity index (χ2v) is 3.14. The number of alkyl halides is 1. The first-order valence-electron chi connectivity index (χ1n) is 3.75. The Kier molecular flexibility index (Phi) is 2.89. The van der Waals surface area contributed by atoms with Gasteiger partial charge in [0.2, 0.25) is 0 Å². The summed E-state index contributed by atoms with van der Waals surface area (Å²) in [6.45, 7) is 4.32. The van der Waals surface area contributed by atoms with Crippen LogP contribution in [0.25, 0.3) is 0 Å². The van der Waals surface area contributed by atoms with Gasteiger partial charge in [0.25, 0.3) is 0 Å². The van der Waals surface area contributed by atoms with Crippen molar-refractivity contribution < 1.29 is 0 Å². The molecule has 0 atom stereocenters. The summed E-state index contributed by atoms with van der Waals surface area (Å²) in [5, 5.41) is 0. The van der Waals surface area contributed by atoms with E-state index >= 15 is 0 Å². The Hall–Kier alpha value is -0.560. The van der Waals surface area contributed by atoms with E-state index in [9.17, 15) is 0 Å². The fourth-order valence-corrected chi connectivity index (χ4v) is 1.08. The molecule has 0 saturated heterocycles. The standard InChI is InChI=1S/C9H12ClN/c1-7(2)8-3-4-11-9(5-8)6-10/h3-5,7H,6H2,1-2H3. The number of hydrogen-bond donors (Lipinski definition) is 0. The maximum Gasteiger partial charge on any atom is 0.0647 e. The van der Waals surface area contributed by atoms with Gasteiger partial charge in [-0.2, -0.15) is 0 Å². The summed E-state index contributed by atoms with van der Waals surface area (Å²) in [5.41, 5.74) is 2.26. The van der Waals surface area contributed by atoms with Crippen LogP contribution in [-0.2, 0) is 5.88 Å². The van der Waals surface area contributed by atoms with E-state index in [0.29, 0.717) is 11.8 Å². The Bertz CT molecular complexity index is 233. The summed E-state index contributed by atoms with van der Waals surface area (Å²) in [7, 11) is 0. The predicted octanol–water partition coefficient (Wildman–Crippen LogP) is 2.94. The van der Waals surface area contributed by atoms with Crippen LogP contribution < -0.4 is 0 Å². The van der Waals surface area contributed by atoms with Gasteiger partial charge in [-0.1, -0.05) is 13.8 Å². The third-order valence-electron chi connectivity index (χ3n) is 1.64. The Morgan fingerprint density at radius 1 is 1.55 bits per heavy atom. The summed E-state index contributed by atoms with van der Waals surface area (Å²) < 4.78 is 0. The summed E-state index contributed by atoms with van der Waals surface area (Å²) in [4.78, 5) is 4.11. The lowest BCUT2D eigenvalue weighted by Crippen LogP contribution is -1.91. The van der Waals surface area contributed by atoms with Crippen LogP contribution in [0.5, 0.6) is 0 Å². The molecule has 60 valence electrons. The topological polar surface area (TPSA) is 12.9 Å². The molecule has 0 N–H and O–H groups in total. The van der Waals surface area contributed by atoms with Gasteiger partial charge in [-0.15, -0.1) is 11.6 Å². The molecule has 0 aromatic carbocycles. The summed E-state index contributed by atoms with van der Waals surface area (Å²) in [6, 6.07) is 4.08. The van der Waals surface area contributed by atoms with Crippen molar-refractivity contribution in [1.82, 2.24) is 4.98 Å². The van der Waals surface area contributed by atoms with E-state index in [-0.39, 0.29) is 0 Å². The van der Waals surface area contributed by atoms with Crippen LogP contribution in [0, 0.1) is 0 Å². The van der Waals surface area contributed by atoms with E-state index in [0.717, 1.165) is 5.69 Å². The van der Waals surface area contributed by atoms with E-state index < -0.39 is 0 Å². The molecule has 0 fully saturated rings. The molecule has 1 rings (SSSR count). The Balaban J connectivity index is 2.91. The SMILES string of the molecule is CC(C)c1ccnc(CCl)c1. The van der Waals surface area contributed by atoms with Crippen LogP contribution in [0.15, 0.2) is 18.3 Å². The van der Waals surface area contributed by atoms with Crippen LogP contribution in [0.3, 0.4) is 0 Å². The van der Waals surface area contributed by atoms with Gasteiger partial charge >= 0.3 is 0 Å². The van der Waals surface area contributed by atoms with Gasteiger partial charge in [-0.3, -0.25) is 4.98 Å². The smallest absolute Gasteiger partial charge is 0.0647 e. The molecule has 0 aliphatic heterocycles. The van der Waals surface area contributed by atoms with E-state index in [2.05, 4.69) is 24.9 Å². The van der Waals surface area contributed by atoms with Crippen molar-refractivity contribution in [3.63, 3.8) is 0 Å². The summed E-state index contributed by atoms with van der Waals surface area (Å²) >= 11 is 5.64. The molecule has 0 aliphatic carbocycles. The molecule has 1 aromatic rings. The molecule has 11 heavy (non-hydrogen) atoms. The number of pyridine rings is 1. The lowest BCUT2D eigenvalue weighted by molar-refractivity contribution is 0.858. The largest absolute Gasteiger partial charge is 0.260 e. The molecule has 0 spiro atoms. The van der Waals surface area contributed by atoms with Crippen molar-refractivity contribution in [3.8, 4) is 0 Å². The number of rotatable bonds is 2. The predicted molar refractivity (Wildman–Crippen MR) is 47.9 cm³/mol. The van der Waals surface area contributed by atoms with Crippen molar-refractivity contribution in [3.05, 3.63) is 29.6 Å². The van der Waals surface area contributed by atoms with Gasteiger partial charge in [0.1, 0.15) is 0 Å². The van der Waals surface area contributed by atoms with Gasteiger partial charge in [0, 0.05) is 6.20 Å². The van der Waals surface area contributed by atoms with Gasteiger partial charge < -0.3 is 0 Å². The molecule has 0 unspecified atom stereocenters. The Labute approximate surface area is 72.4 Å². The normalized spacial score (nSPS) is 10.5. The number of aromatic nitrogens is 1. The first kappa shape index (κ1) is 8.54. The van der Waals surface area contributed by atoms with E-state index in [1.54, 1.807) is 0 Å². The summed E-state index contributed by atoms with van der Waals surface area (Å²) in [6.07, 6.45) is 1.81. The third-order valence-corrected chi connectivity index (χ3v) is 1.92. The molecule has 0 bridgehead atoms. The van der Waals surface area contributed by atoms with Crippen LogP contribution in [0.4, 0.5) is 0 Å². The molecular formula is C9H12ClN. The number of hydrogen-bond acceptors (Lipinski definition) is 1. The average molecular weight is 170 g/mol. The maximum absolute atomic E-state index is 5.64. The highest BCUT2D eigenvalue weighted by Gasteiger charge is 1.99. The Morgan fingerprint density at radius 2 is 2.27 bits per heavy atom. The Morgan fingerprint density at radius 3 is 2.82 bits per heavy atom. The molecule has 0 aliphatic rings. The van der Waals surface area contributed by atoms with Crippen LogP contribution in [-0.4, -0.2) is 4.98 Å². The maximum atomic E-state index is 5.64. The fraction of sp³-hybridized carbons (Fsp3) is 0.444. The molecule has 1 heterocycles. The fourth-order valence-electron chi connectivity index (χ4n) is 0.929. The van der Waals surface area contributed by atoms with Gasteiger partial charge in [-0.25, -0.2) is 0 Å². The van der Waals surface area contributed by atoms with Crippen molar-refractivity contribution in [2.75, 3.05) is 0 Å². The highest BCUT2D eigenvalue weighted by molar-refractivity contribution is 6.16. The average Bonchev–Trinajstić information content (AvgIpc) is 2.05. The second kappa shape index (κ2) is 3.72. The van der Waals surface area contributed by atoms with E-state index in [4.69, 9.17) is 11.6 Å². The van der Waals surface area contributed by atoms with Crippen molar-refractivity contribution >= 4 is 11.6 Å². The van der Waals surface area contributed by atoms with Crippen LogP contribution in [0.2, 0.25) is 0 Å². The third kappa shape index (κ3) is 2.19. The molecule has 1 nitrogen and oxygen atoms in total. The highest BCUT2D eigenvalue weighted by atomic mass is 35.5. The zero-order chi connectivity index (χ0) is 8.27. The minimum Gasteiger partial charge on any atom is -0.260 e. The first-order valence-corrected chi connectivity index (χ1v) is 4.28. The van der Waals surface area contributed by atoms with E-state index in [1.165, 1.54) is 5.56 Å². The van der Waals surface area contributed by atoms with Gasteiger partial charge in [0.05, 0.1) is 11.6 Å². The minimum absolute atomic E-state index is 0.501. The van der Waals surface area contributed by atoms with Gasteiger partial charge in [0.15, 0.2) is 0 Å². The number of nitrogens with zero attached hydrogens (tertiary/aromatic N) is 1. The van der Waals surface area contributed by atoms with Crippen molar-refractivity contribution in [2.24, 2.45) is 0 Å². The summed E-state index contributed by atoms with van der Waals surface area (Å²) in [5.74, 6) is 1.06. The monoisotopic (exact) mass is 169 g/mol. The quantitative estimate of drug-likeness (QED) is 0.621. The molecule has 2 heteroatoms. The first-order chi connectivity index (χ1) is 5.24. The van der Waals surface area contributed by atoms with E-state index in [1.807, 2.05) is 12.3 Å². The van der Waals surface area contributed by atoms with Crippen molar-refractivity contribution in [2.45, 2.75) is 25.6 Å². The molecule has 0 saturated carbocycles. The lowest BCUT2D eigenvalue weighted by Gasteiger charge is -2.04. The number of halogens is 1. The van der Waals surface area contributed by atoms with Gasteiger partial charge in [-0.05, 0) is 23.6 Å². The zero-order valence-corrected chi connectivity index (χ0v) is 7.60. The van der Waals surface area contributed by atoms with Crippen LogP contribution in [0.1, 0.15) is 31.0 Å². The molecule has 0 amide bonds.